The fraction of sp³-hybridized carbons (Fsp3) is 0.708. The number of benzene rings is 2. The van der Waals surface area contributed by atoms with E-state index in [4.69, 9.17) is 71.5 Å². The van der Waals surface area contributed by atoms with Crippen molar-refractivity contribution in [3.05, 3.63) is 70.8 Å². The van der Waals surface area contributed by atoms with Crippen LogP contribution in [0.15, 0.2) is 48.5 Å². The van der Waals surface area contributed by atoms with E-state index in [1.165, 1.54) is 12.1 Å². The number of carbonyl (C=O) groups is 7. The Labute approximate surface area is 566 Å². The first-order valence-electron chi connectivity index (χ1n) is 31.6. The third kappa shape index (κ3) is 23.6. The second kappa shape index (κ2) is 32.7. The average Bonchev–Trinajstić information content (AvgIpc) is 1.68. The number of carbonyl (C=O) groups excluding carboxylic acids is 7. The Hall–Kier alpha value is -4.56. The van der Waals surface area contributed by atoms with E-state index in [1.54, 1.807) is 51.1 Å². The van der Waals surface area contributed by atoms with Gasteiger partial charge in [0.15, 0.2) is 25.0 Å². The molecule has 4 N–H and O–H groups in total. The van der Waals surface area contributed by atoms with Gasteiger partial charge in [-0.25, -0.2) is 20.3 Å². The molecule has 5 aliphatic rings. The summed E-state index contributed by atoms with van der Waals surface area (Å²) in [5.74, 6) is 2.93. The van der Waals surface area contributed by atoms with Crippen molar-refractivity contribution in [1.82, 2.24) is 24.8 Å². The van der Waals surface area contributed by atoms with Crippen molar-refractivity contribution in [2.45, 2.75) is 252 Å². The number of hydroxylamine groups is 4. The molecule has 6 atom stereocenters. The molecule has 0 aliphatic carbocycles. The van der Waals surface area contributed by atoms with Crippen LogP contribution < -0.4 is 5.90 Å². The first kappa shape index (κ1) is 82.7. The fourth-order valence-corrected chi connectivity index (χ4v) is 13.6. The van der Waals surface area contributed by atoms with Crippen LogP contribution in [-0.2, 0) is 37.2 Å². The minimum Gasteiger partial charge on any atom is -0.444 e. The Morgan fingerprint density at radius 1 is 0.484 bits per heavy atom. The summed E-state index contributed by atoms with van der Waals surface area (Å²) >= 11 is 9.53. The van der Waals surface area contributed by atoms with Gasteiger partial charge in [0.1, 0.15) is 16.8 Å². The van der Waals surface area contributed by atoms with Crippen molar-refractivity contribution >= 4 is 90.1 Å². The molecule has 0 bridgehead atoms. The van der Waals surface area contributed by atoms with Gasteiger partial charge in [0.05, 0.1) is 83.9 Å². The smallest absolute Gasteiger partial charge is 0.410 e. The molecule has 2 aromatic carbocycles. The van der Waals surface area contributed by atoms with Crippen LogP contribution in [0.3, 0.4) is 0 Å². The zero-order valence-corrected chi connectivity index (χ0v) is 64.3. The monoisotopic (exact) mass is 1400 g/mol. The normalized spacial score (nSPS) is 21.2. The number of nitrogens with zero attached hydrogens (tertiary/aromatic N) is 5. The molecule has 28 heteroatoms. The number of halogens is 2. The van der Waals surface area contributed by atoms with Gasteiger partial charge in [0.2, 0.25) is 0 Å². The number of likely N-dealkylation sites (tertiary alicyclic amines) is 3. The Kier molecular flexibility index (Phi) is 29.0. The maximum atomic E-state index is 12.9. The van der Waals surface area contributed by atoms with E-state index >= 15 is 0 Å². The van der Waals surface area contributed by atoms with Crippen LogP contribution in [0.25, 0.3) is 0 Å². The third-order valence-electron chi connectivity index (χ3n) is 17.2. The van der Waals surface area contributed by atoms with Gasteiger partial charge in [0.25, 0.3) is 23.6 Å². The summed E-state index contributed by atoms with van der Waals surface area (Å²) in [6.45, 7) is 51.1. The summed E-state index contributed by atoms with van der Waals surface area (Å²) < 4.78 is 35.9. The van der Waals surface area contributed by atoms with E-state index in [-0.39, 0.29) is 105 Å². The Balaban J connectivity index is 0.000000334. The predicted octanol–water partition coefficient (Wildman–Crippen LogP) is 13.4. The van der Waals surface area contributed by atoms with Gasteiger partial charge in [-0.15, -0.1) is 33.3 Å². The molecule has 0 spiro atoms. The predicted molar refractivity (Wildman–Crippen MR) is 366 cm³/mol. The van der Waals surface area contributed by atoms with Crippen LogP contribution in [0.2, 0.25) is 54.4 Å². The lowest BCUT2D eigenvalue weighted by Gasteiger charge is -2.38. The molecule has 3 saturated heterocycles. The van der Waals surface area contributed by atoms with E-state index in [0.717, 1.165) is 11.5 Å². The number of imide groups is 2. The maximum Gasteiger partial charge on any atom is 0.410 e. The molecule has 0 radical (unpaired) electrons. The van der Waals surface area contributed by atoms with Crippen LogP contribution >= 0.6 is 23.2 Å². The summed E-state index contributed by atoms with van der Waals surface area (Å²) in [6, 6.07) is 12.2. The molecule has 2 aromatic rings. The lowest BCUT2D eigenvalue weighted by Crippen LogP contribution is -2.45. The molecular weight excluding hydrogens is 1290 g/mol. The van der Waals surface area contributed by atoms with Crippen molar-refractivity contribution in [2.24, 2.45) is 5.90 Å². The molecule has 0 saturated carbocycles. The summed E-state index contributed by atoms with van der Waals surface area (Å²) in [5, 5.41) is 19.9. The zero-order valence-electron chi connectivity index (χ0n) is 59.7. The highest BCUT2D eigenvalue weighted by molar-refractivity contribution is 6.75. The molecule has 0 unspecified atom stereocenters. The maximum absolute atomic E-state index is 12.9. The second-order valence-electron chi connectivity index (χ2n) is 31.4. The van der Waals surface area contributed by atoms with Gasteiger partial charge in [-0.2, -0.15) is 0 Å². The highest BCUT2D eigenvalue weighted by atomic mass is 35.5. The summed E-state index contributed by atoms with van der Waals surface area (Å²) in [6.07, 6.45) is 0.581. The quantitative estimate of drug-likeness (QED) is 0.0445. The van der Waals surface area contributed by atoms with Gasteiger partial charge in [-0.3, -0.25) is 29.2 Å². The first-order chi connectivity index (χ1) is 42.3. The Bertz CT molecular complexity index is 2810. The molecule has 3 fully saturated rings. The van der Waals surface area contributed by atoms with Crippen molar-refractivity contribution in [1.29, 1.82) is 0 Å². The average molecular weight is 1400 g/mol. The molecule has 0 aromatic heterocycles. The highest BCUT2D eigenvalue weighted by Gasteiger charge is 2.49. The molecule has 93 heavy (non-hydrogen) atoms. The number of hydrogen-bond donors (Lipinski definition) is 3. The molecule has 7 rings (SSSR count). The molecule has 23 nitrogen and oxygen atoms in total. The number of fused-ring (bicyclic) bond motifs is 2. The minimum atomic E-state index is -2.06. The number of alkyl halides is 2. The Morgan fingerprint density at radius 2 is 0.742 bits per heavy atom. The lowest BCUT2D eigenvalue weighted by atomic mass is 10.1. The summed E-state index contributed by atoms with van der Waals surface area (Å²) in [5.41, 5.74) is -0.563. The van der Waals surface area contributed by atoms with E-state index in [2.05, 4.69) is 102 Å². The number of amides is 7. The lowest BCUT2D eigenvalue weighted by molar-refractivity contribution is -0.104. The number of nitrogens with two attached hydrogens (primary N) is 1. The van der Waals surface area contributed by atoms with Crippen molar-refractivity contribution in [3.8, 4) is 0 Å². The summed E-state index contributed by atoms with van der Waals surface area (Å²) in [4.78, 5) is 100. The number of rotatable bonds is 12. The van der Waals surface area contributed by atoms with Crippen LogP contribution in [0.4, 0.5) is 14.4 Å². The van der Waals surface area contributed by atoms with E-state index in [1.807, 2.05) is 62.3 Å². The highest BCUT2D eigenvalue weighted by Crippen LogP contribution is 2.42. The van der Waals surface area contributed by atoms with E-state index < -0.39 is 71.5 Å². The van der Waals surface area contributed by atoms with Gasteiger partial charge in [-0.05, 0) is 160 Å². The van der Waals surface area contributed by atoms with Gasteiger partial charge >= 0.3 is 18.3 Å². The number of ether oxygens (including phenoxy) is 3. The van der Waals surface area contributed by atoms with Crippen LogP contribution in [0.1, 0.15) is 185 Å². The first-order valence-corrected chi connectivity index (χ1v) is 41.4. The third-order valence-corrected chi connectivity index (χ3v) is 30.8. The van der Waals surface area contributed by atoms with Crippen LogP contribution in [0, 0.1) is 0 Å². The van der Waals surface area contributed by atoms with Crippen molar-refractivity contribution in [3.63, 3.8) is 0 Å². The number of hydrogen-bond acceptors (Lipinski definition) is 18. The minimum absolute atomic E-state index is 0.00330. The van der Waals surface area contributed by atoms with Crippen LogP contribution in [0.5, 0.6) is 0 Å². The van der Waals surface area contributed by atoms with Gasteiger partial charge in [0, 0.05) is 19.6 Å². The molecule has 5 aliphatic heterocycles. The SMILES string of the molecule is CC(C)(C)OC(=O)N1C[C@H](O[Si](C)(C)C(C)(C)C)C[C@H]1CO.CC(C)(C)OC(=O)N1C[C@H](O[Si](C)(C)C(C)(C)C)C[C@H]1CON.CC(C)(C)OC(=O)N1C[C@H](O[Si](C)(C)C(C)(C)C)C[C@H]1CON1C(=O)c2ccccc2C1=O.ClCCl.O=C1c2ccccc2C(=O)N1O. The zero-order chi connectivity index (χ0) is 71.6. The van der Waals surface area contributed by atoms with Crippen LogP contribution in [-0.4, -0.2) is 200 Å². The summed E-state index contributed by atoms with van der Waals surface area (Å²) in [7, 11) is -5.83. The molecule has 5 heterocycles. The fourth-order valence-electron chi connectivity index (χ4n) is 9.51. The van der Waals surface area contributed by atoms with Crippen molar-refractivity contribution < 1.29 is 81.0 Å². The number of aliphatic hydroxyl groups is 1. The standard InChI is InChI=1S/C24H36N2O6Si.C16H34N2O4Si.C16H33NO4Si.C8H5NO3.CH2Cl2/c1-23(2,3)31-22(29)25-14-17(32-33(7,8)24(4,5)6)13-16(25)15-30-26-20(27)18-11-9-10-12-19(18)21(26)28;1-15(2,3)21-14(19)18-10-13(9-12(18)11-20-17)22-23(7,8)16(4,5)6;1-15(2,3)20-14(19)17-10-13(9-12(17)11-18)21-22(7,8)16(4,5)6;10-7-5-3-1-2-4-6(5)8(11)9(7)12;2-1-3/h9-12,16-17H,13-15H2,1-8H3;12-13H,9-11,17H2,1-8H3;12-13,18H,9-11H2,1-8H3;1-4,12H;1H2/t16-,17+;2*12-,13+;;/m000../s1. The largest absolute Gasteiger partial charge is 0.444 e. The van der Waals surface area contributed by atoms with Crippen molar-refractivity contribution in [2.75, 3.05) is 44.8 Å². The second-order valence-corrected chi connectivity index (χ2v) is 46.5. The molecule has 7 amide bonds. The Morgan fingerprint density at radius 3 is 1.00 bits per heavy atom. The van der Waals surface area contributed by atoms with E-state index in [0.29, 0.717) is 43.6 Å². The molecular formula is C65H110Cl2N6O17Si3. The van der Waals surface area contributed by atoms with E-state index in [9.17, 15) is 38.7 Å². The van der Waals surface area contributed by atoms with Gasteiger partial charge in [-0.1, -0.05) is 86.6 Å². The van der Waals surface area contributed by atoms with Gasteiger partial charge < -0.3 is 52.1 Å². The topological polar surface area (TPSA) is 276 Å². The number of aliphatic hydroxyl groups excluding tert-OH is 1. The molecule has 528 valence electrons.